The van der Waals surface area contributed by atoms with Crippen molar-refractivity contribution in [2.45, 2.75) is 109 Å². The van der Waals surface area contributed by atoms with Crippen molar-refractivity contribution < 1.29 is 18.6 Å². The average molecular weight is 522 g/mol. The topological polar surface area (TPSA) is 36.9 Å². The van der Waals surface area contributed by atoms with Crippen molar-refractivity contribution in [3.63, 3.8) is 0 Å². The van der Waals surface area contributed by atoms with Gasteiger partial charge in [-0.15, -0.1) is 0 Å². The minimum Gasteiger partial charge on any atom is -0.399 e. The van der Waals surface area contributed by atoms with Crippen LogP contribution >= 0.6 is 0 Å². The lowest BCUT2D eigenvalue weighted by molar-refractivity contribution is 0.00578. The second-order valence-electron chi connectivity index (χ2n) is 14.2. The van der Waals surface area contributed by atoms with E-state index in [2.05, 4.69) is 104 Å². The van der Waals surface area contributed by atoms with E-state index < -0.39 is 0 Å². The molecule has 2 atom stereocenters. The molecule has 4 nitrogen and oxygen atoms in total. The van der Waals surface area contributed by atoms with Gasteiger partial charge in [-0.05, 0) is 137 Å². The van der Waals surface area contributed by atoms with Gasteiger partial charge in [0.2, 0.25) is 0 Å². The predicted molar refractivity (Wildman–Crippen MR) is 160 cm³/mol. The minimum atomic E-state index is -0.347. The molecule has 6 heteroatoms. The highest BCUT2D eigenvalue weighted by Crippen LogP contribution is 2.55. The van der Waals surface area contributed by atoms with Crippen LogP contribution in [0.4, 0.5) is 0 Å². The molecule has 39 heavy (non-hydrogen) atoms. The molecule has 4 aliphatic rings. The molecule has 2 heterocycles. The Labute approximate surface area is 234 Å². The van der Waals surface area contributed by atoms with Gasteiger partial charge in [-0.2, -0.15) is 0 Å². The summed E-state index contributed by atoms with van der Waals surface area (Å²) in [7, 11) is -0.650. The Morgan fingerprint density at radius 1 is 0.590 bits per heavy atom. The maximum Gasteiger partial charge on any atom is 0.495 e. The van der Waals surface area contributed by atoms with Crippen molar-refractivity contribution in [1.82, 2.24) is 0 Å². The summed E-state index contributed by atoms with van der Waals surface area (Å²) in [5.41, 5.74) is 6.64. The Morgan fingerprint density at radius 2 is 1.13 bits per heavy atom. The molecule has 2 bridgehead atoms. The summed E-state index contributed by atoms with van der Waals surface area (Å²) in [6.45, 7) is 17.0. The van der Waals surface area contributed by atoms with Crippen LogP contribution in [0.1, 0.15) is 97.6 Å². The van der Waals surface area contributed by atoms with Crippen LogP contribution in [0.3, 0.4) is 0 Å². The lowest BCUT2D eigenvalue weighted by atomic mass is 9.70. The molecule has 202 valence electrons. The molecule has 2 aliphatic heterocycles. The van der Waals surface area contributed by atoms with Crippen LogP contribution in [0.2, 0.25) is 0 Å². The Morgan fingerprint density at radius 3 is 1.77 bits per heavy atom. The van der Waals surface area contributed by atoms with Crippen LogP contribution in [0, 0.1) is 0 Å². The average Bonchev–Trinajstić information content (AvgIpc) is 3.58. The van der Waals surface area contributed by atoms with Crippen molar-refractivity contribution in [3.05, 3.63) is 59.7 Å². The van der Waals surface area contributed by atoms with Crippen LogP contribution in [0.15, 0.2) is 48.5 Å². The summed E-state index contributed by atoms with van der Waals surface area (Å²) < 4.78 is 25.7. The van der Waals surface area contributed by atoms with Crippen molar-refractivity contribution in [2.75, 3.05) is 0 Å². The van der Waals surface area contributed by atoms with E-state index in [0.29, 0.717) is 11.8 Å². The summed E-state index contributed by atoms with van der Waals surface area (Å²) >= 11 is 0. The van der Waals surface area contributed by atoms with E-state index in [1.807, 2.05) is 0 Å². The Bertz CT molecular complexity index is 1460. The second-order valence-corrected chi connectivity index (χ2v) is 14.2. The van der Waals surface area contributed by atoms with E-state index in [0.717, 1.165) is 5.46 Å². The molecule has 0 radical (unpaired) electrons. The maximum atomic E-state index is 6.52. The quantitative estimate of drug-likeness (QED) is 0.370. The molecule has 7 rings (SSSR count). The van der Waals surface area contributed by atoms with E-state index in [-0.39, 0.29) is 36.6 Å². The molecule has 2 aliphatic carbocycles. The first-order valence-corrected chi connectivity index (χ1v) is 14.7. The molecular formula is C33H40B2O4. The standard InChI is InChI=1S/C33H40B2O4/c1-30(2)31(3,4)37-34(36-30)25-14-13-20-17-22(10-9-21(20)19-25)26-15-16-27(29-24-12-11-23(18-24)28(26)29)35-38-32(5,6)33(7,8)39-35/h9-10,13-17,19,23-24H,11-12,18H2,1-8H3. The first-order valence-electron chi connectivity index (χ1n) is 14.7. The molecule has 0 aromatic heterocycles. The van der Waals surface area contributed by atoms with Gasteiger partial charge in [-0.25, -0.2) is 0 Å². The van der Waals surface area contributed by atoms with Crippen molar-refractivity contribution >= 4 is 35.9 Å². The van der Waals surface area contributed by atoms with E-state index in [1.165, 1.54) is 57.8 Å². The molecule has 0 N–H and O–H groups in total. The van der Waals surface area contributed by atoms with Gasteiger partial charge >= 0.3 is 14.2 Å². The smallest absolute Gasteiger partial charge is 0.399 e. The zero-order chi connectivity index (χ0) is 27.5. The zero-order valence-electron chi connectivity index (χ0n) is 24.7. The van der Waals surface area contributed by atoms with E-state index in [4.69, 9.17) is 18.6 Å². The fraction of sp³-hybridized carbons (Fsp3) is 0.515. The molecule has 3 aromatic carbocycles. The number of hydrogen-bond acceptors (Lipinski definition) is 4. The van der Waals surface area contributed by atoms with Gasteiger partial charge in [0.1, 0.15) is 0 Å². The monoisotopic (exact) mass is 522 g/mol. The normalized spacial score (nSPS) is 27.5. The molecule has 0 amide bonds. The first kappa shape index (κ1) is 25.8. The largest absolute Gasteiger partial charge is 0.495 e. The summed E-state index contributed by atoms with van der Waals surface area (Å²) in [6.07, 6.45) is 3.80. The Balaban J connectivity index is 1.25. The highest BCUT2D eigenvalue weighted by atomic mass is 16.7. The molecule has 3 fully saturated rings. The predicted octanol–water partition coefficient (Wildman–Crippen LogP) is 6.47. The lowest BCUT2D eigenvalue weighted by Gasteiger charge is -2.32. The van der Waals surface area contributed by atoms with Crippen LogP contribution in [-0.2, 0) is 18.6 Å². The summed E-state index contributed by atoms with van der Waals surface area (Å²) in [6, 6.07) is 18.1. The highest BCUT2D eigenvalue weighted by molar-refractivity contribution is 6.63. The summed E-state index contributed by atoms with van der Waals surface area (Å²) in [4.78, 5) is 0. The summed E-state index contributed by atoms with van der Waals surface area (Å²) in [5.74, 6) is 1.24. The first-order chi connectivity index (χ1) is 18.3. The van der Waals surface area contributed by atoms with Gasteiger partial charge in [0.05, 0.1) is 22.4 Å². The lowest BCUT2D eigenvalue weighted by Crippen LogP contribution is -2.41. The van der Waals surface area contributed by atoms with Crippen LogP contribution in [0.25, 0.3) is 21.9 Å². The van der Waals surface area contributed by atoms with Crippen molar-refractivity contribution in [3.8, 4) is 11.1 Å². The fourth-order valence-electron chi connectivity index (χ4n) is 7.04. The molecule has 0 spiro atoms. The summed E-state index contributed by atoms with van der Waals surface area (Å²) in [5, 5.41) is 2.44. The van der Waals surface area contributed by atoms with Crippen molar-refractivity contribution in [1.29, 1.82) is 0 Å². The van der Waals surface area contributed by atoms with E-state index in [1.54, 1.807) is 0 Å². The molecular weight excluding hydrogens is 482 g/mol. The van der Waals surface area contributed by atoms with Gasteiger partial charge < -0.3 is 18.6 Å². The molecule has 2 unspecified atom stereocenters. The van der Waals surface area contributed by atoms with Crippen LogP contribution in [0.5, 0.6) is 0 Å². The highest BCUT2D eigenvalue weighted by Gasteiger charge is 2.54. The SMILES string of the molecule is CC1(C)OB(c2ccc3cc(-c4ccc(B5OC(C)(C)C(C)(C)O5)c5c4C4CCC5C4)ccc3c2)OC1(C)C. The van der Waals surface area contributed by atoms with Gasteiger partial charge in [0, 0.05) is 0 Å². The van der Waals surface area contributed by atoms with E-state index >= 15 is 0 Å². The third kappa shape index (κ3) is 3.82. The number of benzene rings is 3. The third-order valence-corrected chi connectivity index (χ3v) is 10.8. The maximum absolute atomic E-state index is 6.52. The van der Waals surface area contributed by atoms with Gasteiger partial charge in [0.25, 0.3) is 0 Å². The molecule has 2 saturated heterocycles. The van der Waals surface area contributed by atoms with Crippen LogP contribution < -0.4 is 10.9 Å². The van der Waals surface area contributed by atoms with Gasteiger partial charge in [0.15, 0.2) is 0 Å². The van der Waals surface area contributed by atoms with E-state index in [9.17, 15) is 0 Å². The van der Waals surface area contributed by atoms with Crippen molar-refractivity contribution in [2.24, 2.45) is 0 Å². The minimum absolute atomic E-state index is 0.304. The third-order valence-electron chi connectivity index (χ3n) is 10.8. The second kappa shape index (κ2) is 8.22. The number of fused-ring (bicyclic) bond motifs is 6. The van der Waals surface area contributed by atoms with Gasteiger partial charge in [-0.1, -0.05) is 42.5 Å². The number of rotatable bonds is 3. The molecule has 1 saturated carbocycles. The van der Waals surface area contributed by atoms with Gasteiger partial charge in [-0.3, -0.25) is 0 Å². The fourth-order valence-corrected chi connectivity index (χ4v) is 7.04. The molecule has 3 aromatic rings. The zero-order valence-corrected chi connectivity index (χ0v) is 24.7. The van der Waals surface area contributed by atoms with Crippen LogP contribution in [-0.4, -0.2) is 36.6 Å². The number of hydrogen-bond donors (Lipinski definition) is 0. The Kier molecular flexibility index (Phi) is 5.45. The Hall–Kier alpha value is -2.11.